The Bertz CT molecular complexity index is 694. The second kappa shape index (κ2) is 5.54. The molecule has 3 unspecified atom stereocenters. The lowest BCUT2D eigenvalue weighted by Gasteiger charge is -2.42. The van der Waals surface area contributed by atoms with E-state index in [-0.39, 0.29) is 11.5 Å². The Hall–Kier alpha value is -1.06. The van der Waals surface area contributed by atoms with Crippen LogP contribution in [0.3, 0.4) is 0 Å². The third kappa shape index (κ3) is 2.44. The Morgan fingerprint density at radius 2 is 2.18 bits per heavy atom. The SMILES string of the molecule is CC(C)C1CCC(C)(c2cn(C)c3ccnc(Cl)c23)CC1O. The highest BCUT2D eigenvalue weighted by Crippen LogP contribution is 2.46. The van der Waals surface area contributed by atoms with Crippen molar-refractivity contribution in [3.8, 4) is 0 Å². The first-order valence-electron chi connectivity index (χ1n) is 8.11. The summed E-state index contributed by atoms with van der Waals surface area (Å²) < 4.78 is 2.12. The first-order chi connectivity index (χ1) is 10.3. The lowest BCUT2D eigenvalue weighted by atomic mass is 9.64. The van der Waals surface area contributed by atoms with E-state index in [0.717, 1.165) is 30.2 Å². The maximum atomic E-state index is 10.6. The van der Waals surface area contributed by atoms with Crippen LogP contribution in [0.15, 0.2) is 18.5 Å². The first kappa shape index (κ1) is 15.8. The van der Waals surface area contributed by atoms with Gasteiger partial charge in [-0.15, -0.1) is 0 Å². The molecule has 3 nitrogen and oxygen atoms in total. The quantitative estimate of drug-likeness (QED) is 0.838. The highest BCUT2D eigenvalue weighted by molar-refractivity contribution is 6.34. The summed E-state index contributed by atoms with van der Waals surface area (Å²) in [7, 11) is 2.04. The van der Waals surface area contributed by atoms with E-state index in [9.17, 15) is 5.11 Å². The van der Waals surface area contributed by atoms with E-state index in [2.05, 4.69) is 36.5 Å². The summed E-state index contributed by atoms with van der Waals surface area (Å²) in [6, 6.07) is 2.00. The van der Waals surface area contributed by atoms with Gasteiger partial charge in [-0.3, -0.25) is 0 Å². The van der Waals surface area contributed by atoms with Crippen molar-refractivity contribution < 1.29 is 5.11 Å². The van der Waals surface area contributed by atoms with Crippen LogP contribution in [0.5, 0.6) is 0 Å². The van der Waals surface area contributed by atoms with Crippen LogP contribution in [0.2, 0.25) is 5.15 Å². The number of aryl methyl sites for hydroxylation is 1. The number of aliphatic hydroxyl groups is 1. The summed E-state index contributed by atoms with van der Waals surface area (Å²) in [6.45, 7) is 6.66. The molecule has 0 spiro atoms. The van der Waals surface area contributed by atoms with E-state index >= 15 is 0 Å². The van der Waals surface area contributed by atoms with Crippen LogP contribution in [0, 0.1) is 11.8 Å². The number of halogens is 1. The molecule has 2 aromatic heterocycles. The monoisotopic (exact) mass is 320 g/mol. The minimum atomic E-state index is -0.246. The van der Waals surface area contributed by atoms with Crippen molar-refractivity contribution in [3.05, 3.63) is 29.2 Å². The molecule has 1 saturated carbocycles. The Labute approximate surface area is 137 Å². The summed E-state index contributed by atoms with van der Waals surface area (Å²) in [4.78, 5) is 4.26. The Morgan fingerprint density at radius 1 is 1.45 bits per heavy atom. The largest absolute Gasteiger partial charge is 0.393 e. The minimum absolute atomic E-state index is 0.0447. The topological polar surface area (TPSA) is 38.0 Å². The number of rotatable bonds is 2. The average Bonchev–Trinajstić information content (AvgIpc) is 2.78. The fourth-order valence-corrected chi connectivity index (χ4v) is 4.43. The molecule has 2 aromatic rings. The molecule has 120 valence electrons. The lowest BCUT2D eigenvalue weighted by Crippen LogP contribution is -2.40. The van der Waals surface area contributed by atoms with Crippen molar-refractivity contribution in [2.24, 2.45) is 18.9 Å². The Morgan fingerprint density at radius 3 is 2.82 bits per heavy atom. The van der Waals surface area contributed by atoms with Crippen molar-refractivity contribution >= 4 is 22.5 Å². The second-order valence-corrected chi connectivity index (χ2v) is 7.79. The smallest absolute Gasteiger partial charge is 0.138 e. The van der Waals surface area contributed by atoms with Crippen LogP contribution in [0.25, 0.3) is 10.9 Å². The number of fused-ring (bicyclic) bond motifs is 1. The van der Waals surface area contributed by atoms with Gasteiger partial charge in [0, 0.05) is 24.8 Å². The molecule has 4 heteroatoms. The van der Waals surface area contributed by atoms with Gasteiger partial charge in [0.1, 0.15) is 5.15 Å². The zero-order valence-corrected chi connectivity index (χ0v) is 14.6. The zero-order valence-electron chi connectivity index (χ0n) is 13.8. The molecule has 3 atom stereocenters. The molecule has 1 aliphatic carbocycles. The van der Waals surface area contributed by atoms with Gasteiger partial charge in [0.15, 0.2) is 0 Å². The molecule has 2 heterocycles. The Balaban J connectivity index is 2.05. The van der Waals surface area contributed by atoms with Crippen molar-refractivity contribution in [1.29, 1.82) is 0 Å². The Kier molecular flexibility index (Phi) is 3.98. The predicted octanol–water partition coefficient (Wildman–Crippen LogP) is 4.30. The van der Waals surface area contributed by atoms with Crippen molar-refractivity contribution in [2.45, 2.75) is 51.6 Å². The maximum absolute atomic E-state index is 10.6. The van der Waals surface area contributed by atoms with Crippen molar-refractivity contribution in [3.63, 3.8) is 0 Å². The van der Waals surface area contributed by atoms with Gasteiger partial charge in [0.2, 0.25) is 0 Å². The molecule has 0 aliphatic heterocycles. The fourth-order valence-electron chi connectivity index (χ4n) is 4.17. The number of aliphatic hydroxyl groups excluding tert-OH is 1. The molecule has 0 bridgehead atoms. The van der Waals surface area contributed by atoms with E-state index in [1.165, 1.54) is 5.56 Å². The maximum Gasteiger partial charge on any atom is 0.138 e. The van der Waals surface area contributed by atoms with Gasteiger partial charge in [-0.1, -0.05) is 32.4 Å². The molecule has 1 aliphatic rings. The van der Waals surface area contributed by atoms with Gasteiger partial charge < -0.3 is 9.67 Å². The number of hydrogen-bond donors (Lipinski definition) is 1. The molecule has 22 heavy (non-hydrogen) atoms. The lowest BCUT2D eigenvalue weighted by molar-refractivity contribution is 0.0155. The van der Waals surface area contributed by atoms with Crippen molar-refractivity contribution in [1.82, 2.24) is 9.55 Å². The summed E-state index contributed by atoms with van der Waals surface area (Å²) in [5.41, 5.74) is 2.29. The van der Waals surface area contributed by atoms with E-state index < -0.39 is 0 Å². The zero-order chi connectivity index (χ0) is 16.1. The molecule has 0 saturated heterocycles. The number of nitrogens with zero attached hydrogens (tertiary/aromatic N) is 2. The molecule has 1 fully saturated rings. The predicted molar refractivity (Wildman–Crippen MR) is 91.3 cm³/mol. The summed E-state index contributed by atoms with van der Waals surface area (Å²) in [5, 5.41) is 12.2. The molecule has 0 amide bonds. The molecule has 3 rings (SSSR count). The highest BCUT2D eigenvalue weighted by Gasteiger charge is 2.40. The molecule has 0 aromatic carbocycles. The minimum Gasteiger partial charge on any atom is -0.393 e. The van der Waals surface area contributed by atoms with Crippen LogP contribution in [-0.2, 0) is 12.5 Å². The third-order valence-corrected chi connectivity index (χ3v) is 5.83. The first-order valence-corrected chi connectivity index (χ1v) is 8.49. The number of pyridine rings is 1. The van der Waals surface area contributed by atoms with Gasteiger partial charge in [-0.05, 0) is 48.1 Å². The van der Waals surface area contributed by atoms with Crippen LogP contribution < -0.4 is 0 Å². The normalized spacial score (nSPS) is 29.4. The number of hydrogen-bond acceptors (Lipinski definition) is 2. The van der Waals surface area contributed by atoms with Crippen LogP contribution in [0.1, 0.15) is 45.6 Å². The van der Waals surface area contributed by atoms with Crippen LogP contribution in [0.4, 0.5) is 0 Å². The summed E-state index contributed by atoms with van der Waals surface area (Å²) >= 11 is 6.39. The van der Waals surface area contributed by atoms with E-state index in [0.29, 0.717) is 17.0 Å². The van der Waals surface area contributed by atoms with E-state index in [1.54, 1.807) is 6.20 Å². The van der Waals surface area contributed by atoms with Gasteiger partial charge in [0.25, 0.3) is 0 Å². The number of aromatic nitrogens is 2. The molecular weight excluding hydrogens is 296 g/mol. The molecule has 1 N–H and O–H groups in total. The summed E-state index contributed by atoms with van der Waals surface area (Å²) in [6.07, 6.45) is 6.60. The average molecular weight is 321 g/mol. The van der Waals surface area contributed by atoms with E-state index in [1.807, 2.05) is 13.1 Å². The highest BCUT2D eigenvalue weighted by atomic mass is 35.5. The third-order valence-electron chi connectivity index (χ3n) is 5.54. The van der Waals surface area contributed by atoms with Gasteiger partial charge in [-0.25, -0.2) is 4.98 Å². The van der Waals surface area contributed by atoms with E-state index in [4.69, 9.17) is 11.6 Å². The summed E-state index contributed by atoms with van der Waals surface area (Å²) in [5.74, 6) is 0.925. The molecular formula is C18H25ClN2O. The van der Waals surface area contributed by atoms with Crippen molar-refractivity contribution in [2.75, 3.05) is 0 Å². The molecule has 0 radical (unpaired) electrons. The fraction of sp³-hybridized carbons (Fsp3) is 0.611. The van der Waals surface area contributed by atoms with Gasteiger partial charge in [0.05, 0.1) is 11.6 Å². The second-order valence-electron chi connectivity index (χ2n) is 7.43. The standard InChI is InChI=1S/C18H25ClN2O/c1-11(2)12-5-7-18(3,9-15(12)22)13-10-21(4)14-6-8-20-17(19)16(13)14/h6,8,10-12,15,22H,5,7,9H2,1-4H3. The van der Waals surface area contributed by atoms with Gasteiger partial charge >= 0.3 is 0 Å². The van der Waals surface area contributed by atoms with Crippen LogP contribution >= 0.6 is 11.6 Å². The van der Waals surface area contributed by atoms with Crippen LogP contribution in [-0.4, -0.2) is 20.8 Å². The van der Waals surface area contributed by atoms with Gasteiger partial charge in [-0.2, -0.15) is 0 Å².